The van der Waals surface area contributed by atoms with E-state index in [-0.39, 0.29) is 36.2 Å². The maximum Gasteiger partial charge on any atom is 0.130 e. The zero-order valence-electron chi connectivity index (χ0n) is 14.6. The molecule has 1 heterocycles. The number of quaternary nitrogens is 1. The molecule has 0 aromatic heterocycles. The summed E-state index contributed by atoms with van der Waals surface area (Å²) in [6.45, 7) is 2.27. The first-order valence-corrected chi connectivity index (χ1v) is 8.20. The largest absolute Gasteiger partial charge is 1.00 e. The first-order valence-electron chi connectivity index (χ1n) is 8.20. The molecule has 3 nitrogen and oxygen atoms in total. The molecule has 1 saturated heterocycles. The Labute approximate surface area is 162 Å². The van der Waals surface area contributed by atoms with E-state index >= 15 is 0 Å². The van der Waals surface area contributed by atoms with E-state index in [0.29, 0.717) is 13.2 Å². The molecule has 0 bridgehead atoms. The van der Waals surface area contributed by atoms with Crippen molar-refractivity contribution in [2.45, 2.75) is 12.2 Å². The maximum absolute atomic E-state index is 6.03. The highest BCUT2D eigenvalue weighted by Gasteiger charge is 2.27. The lowest BCUT2D eigenvalue weighted by Gasteiger charge is -2.34. The highest BCUT2D eigenvalue weighted by molar-refractivity contribution is 5.63. The van der Waals surface area contributed by atoms with E-state index in [1.54, 1.807) is 0 Å². The fourth-order valence-corrected chi connectivity index (χ4v) is 2.97. The Hall–Kier alpha value is -0.950. The molecule has 0 saturated carbocycles. The van der Waals surface area contributed by atoms with Gasteiger partial charge in [-0.05, 0) is 16.7 Å². The van der Waals surface area contributed by atoms with Crippen molar-refractivity contribution in [3.63, 3.8) is 0 Å². The number of hydrogen-bond acceptors (Lipinski definition) is 2. The summed E-state index contributed by atoms with van der Waals surface area (Å²) in [5.74, 6) is 0. The second-order valence-electron chi connectivity index (χ2n) is 7.24. The third kappa shape index (κ3) is 5.28. The van der Waals surface area contributed by atoms with Crippen molar-refractivity contribution in [2.75, 3.05) is 40.9 Å². The van der Waals surface area contributed by atoms with E-state index < -0.39 is 0 Å². The van der Waals surface area contributed by atoms with E-state index in [0.717, 1.165) is 11.0 Å². The van der Waals surface area contributed by atoms with Gasteiger partial charge in [0.15, 0.2) is 0 Å². The average molecular weight is 439 g/mol. The fourth-order valence-electron chi connectivity index (χ4n) is 2.97. The van der Waals surface area contributed by atoms with Crippen LogP contribution in [0.2, 0.25) is 0 Å². The van der Waals surface area contributed by atoms with Crippen LogP contribution < -0.4 is 24.0 Å². The summed E-state index contributed by atoms with van der Waals surface area (Å²) in [4.78, 5) is 0. The number of likely N-dealkylation sites (N-methyl/N-ethyl adjacent to an activating group) is 1. The molecule has 0 aliphatic carbocycles. The van der Waals surface area contributed by atoms with Gasteiger partial charge < -0.3 is 37.9 Å². The molecular weight excluding hydrogens is 413 g/mol. The molecule has 0 amide bonds. The molecule has 0 radical (unpaired) electrons. The third-order valence-corrected chi connectivity index (χ3v) is 4.11. The van der Waals surface area contributed by atoms with E-state index in [9.17, 15) is 0 Å². The number of nitrogens with zero attached hydrogens (tertiary/aromatic N) is 1. The van der Waals surface area contributed by atoms with Crippen molar-refractivity contribution in [3.8, 4) is 11.1 Å². The van der Waals surface area contributed by atoms with Gasteiger partial charge in [0.2, 0.25) is 0 Å². The molecule has 2 atom stereocenters. The van der Waals surface area contributed by atoms with Crippen molar-refractivity contribution >= 4 is 0 Å². The molecule has 1 aliphatic rings. The zero-order chi connectivity index (χ0) is 16.3. The Morgan fingerprint density at radius 2 is 1.46 bits per heavy atom. The highest BCUT2D eigenvalue weighted by Crippen LogP contribution is 2.26. The lowest BCUT2D eigenvalue weighted by Crippen LogP contribution is -3.00. The predicted molar refractivity (Wildman–Crippen MR) is 93.2 cm³/mol. The normalized spacial score (nSPS) is 21.1. The van der Waals surface area contributed by atoms with Crippen LogP contribution >= 0.6 is 0 Å². The molecule has 130 valence electrons. The maximum atomic E-state index is 6.03. The first kappa shape index (κ1) is 19.4. The van der Waals surface area contributed by atoms with Crippen LogP contribution in [0.25, 0.3) is 11.1 Å². The number of rotatable bonds is 4. The van der Waals surface area contributed by atoms with Gasteiger partial charge in [0.25, 0.3) is 0 Å². The minimum atomic E-state index is 0. The average Bonchev–Trinajstić information content (AvgIpc) is 2.55. The van der Waals surface area contributed by atoms with E-state index in [4.69, 9.17) is 9.47 Å². The van der Waals surface area contributed by atoms with Crippen LogP contribution in [0.1, 0.15) is 11.7 Å². The third-order valence-electron chi connectivity index (χ3n) is 4.11. The summed E-state index contributed by atoms with van der Waals surface area (Å²) in [7, 11) is 6.53. The second kappa shape index (κ2) is 8.43. The molecule has 2 aromatic carbocycles. The van der Waals surface area contributed by atoms with Crippen LogP contribution in [0.4, 0.5) is 0 Å². The quantitative estimate of drug-likeness (QED) is 0.511. The number of ether oxygens (including phenoxy) is 2. The molecule has 1 aliphatic heterocycles. The standard InChI is InChI=1S/C20H26NO2.HI/c1-21(2,3)13-19-14-23-20(15-22-19)18-11-9-17(10-12-18)16-7-5-4-6-8-16;/h4-12,19-20H,13-15H2,1-3H3;1H/q+1;/p-1/t19-,20+;/m1./s1. The number of benzene rings is 2. The van der Waals surface area contributed by atoms with Gasteiger partial charge >= 0.3 is 0 Å². The van der Waals surface area contributed by atoms with Crippen molar-refractivity contribution < 1.29 is 37.9 Å². The zero-order valence-corrected chi connectivity index (χ0v) is 16.8. The van der Waals surface area contributed by atoms with Crippen molar-refractivity contribution in [3.05, 3.63) is 60.2 Å². The molecule has 2 aromatic rings. The minimum absolute atomic E-state index is 0. The molecule has 24 heavy (non-hydrogen) atoms. The summed E-state index contributed by atoms with van der Waals surface area (Å²) >= 11 is 0. The van der Waals surface area contributed by atoms with Crippen LogP contribution in [0.5, 0.6) is 0 Å². The fraction of sp³-hybridized carbons (Fsp3) is 0.400. The molecular formula is C20H26INO2. The van der Waals surface area contributed by atoms with Gasteiger partial charge in [-0.15, -0.1) is 0 Å². The van der Waals surface area contributed by atoms with Crippen molar-refractivity contribution in [1.29, 1.82) is 0 Å². The van der Waals surface area contributed by atoms with Gasteiger partial charge in [0.05, 0.1) is 34.4 Å². The topological polar surface area (TPSA) is 18.5 Å². The van der Waals surface area contributed by atoms with Gasteiger partial charge in [0.1, 0.15) is 18.8 Å². The highest BCUT2D eigenvalue weighted by atomic mass is 127. The van der Waals surface area contributed by atoms with Gasteiger partial charge in [0, 0.05) is 0 Å². The molecule has 0 unspecified atom stereocenters. The second-order valence-corrected chi connectivity index (χ2v) is 7.24. The lowest BCUT2D eigenvalue weighted by atomic mass is 10.0. The summed E-state index contributed by atoms with van der Waals surface area (Å²) in [5, 5.41) is 0. The van der Waals surface area contributed by atoms with Crippen LogP contribution in [-0.4, -0.2) is 51.5 Å². The molecule has 0 spiro atoms. The Morgan fingerprint density at radius 3 is 2.00 bits per heavy atom. The molecule has 1 fully saturated rings. The predicted octanol–water partition coefficient (Wildman–Crippen LogP) is 0.520. The van der Waals surface area contributed by atoms with Crippen LogP contribution in [0.3, 0.4) is 0 Å². The Balaban J connectivity index is 0.00000208. The minimum Gasteiger partial charge on any atom is -1.00 e. The van der Waals surface area contributed by atoms with Gasteiger partial charge in [-0.2, -0.15) is 0 Å². The lowest BCUT2D eigenvalue weighted by molar-refractivity contribution is -0.874. The SMILES string of the molecule is C[N+](C)(C)C[C@@H]1CO[C@H](c2ccc(-c3ccccc3)cc2)CO1.[I-]. The smallest absolute Gasteiger partial charge is 0.130 e. The van der Waals surface area contributed by atoms with E-state index in [1.165, 1.54) is 16.7 Å². The van der Waals surface area contributed by atoms with E-state index in [2.05, 4.69) is 69.7 Å². The van der Waals surface area contributed by atoms with Crippen LogP contribution in [0.15, 0.2) is 54.6 Å². The molecule has 0 N–H and O–H groups in total. The Morgan fingerprint density at radius 1 is 0.833 bits per heavy atom. The molecule has 4 heteroatoms. The molecule has 3 rings (SSSR count). The van der Waals surface area contributed by atoms with Crippen molar-refractivity contribution in [2.24, 2.45) is 0 Å². The van der Waals surface area contributed by atoms with Gasteiger partial charge in [-0.3, -0.25) is 0 Å². The monoisotopic (exact) mass is 439 g/mol. The summed E-state index contributed by atoms with van der Waals surface area (Å²) in [6, 6.07) is 19.0. The van der Waals surface area contributed by atoms with Crippen molar-refractivity contribution in [1.82, 2.24) is 0 Å². The summed E-state index contributed by atoms with van der Waals surface area (Å²) in [6.07, 6.45) is 0.235. The summed E-state index contributed by atoms with van der Waals surface area (Å²) in [5.41, 5.74) is 3.66. The summed E-state index contributed by atoms with van der Waals surface area (Å²) < 4.78 is 12.9. The number of halogens is 1. The Bertz CT molecular complexity index is 614. The van der Waals surface area contributed by atoms with Gasteiger partial charge in [-0.25, -0.2) is 0 Å². The van der Waals surface area contributed by atoms with Crippen LogP contribution in [-0.2, 0) is 9.47 Å². The van der Waals surface area contributed by atoms with E-state index in [1.807, 2.05) is 6.07 Å². The first-order chi connectivity index (χ1) is 11.0. The Kier molecular flexibility index (Phi) is 6.80. The van der Waals surface area contributed by atoms with Gasteiger partial charge in [-0.1, -0.05) is 54.6 Å². The van der Waals surface area contributed by atoms with Crippen LogP contribution in [0, 0.1) is 0 Å². The number of hydrogen-bond donors (Lipinski definition) is 0.